The Labute approximate surface area is 92.3 Å². The zero-order valence-electron chi connectivity index (χ0n) is 9.70. The van der Waals surface area contributed by atoms with Crippen LogP contribution in [0.3, 0.4) is 0 Å². The smallest absolute Gasteiger partial charge is 0.331 e. The molecule has 0 bridgehead atoms. The van der Waals surface area contributed by atoms with E-state index in [9.17, 15) is 9.59 Å². The van der Waals surface area contributed by atoms with E-state index in [1.54, 1.807) is 11.5 Å². The number of nitrogens with one attached hydrogen (secondary N) is 1. The van der Waals surface area contributed by atoms with Crippen LogP contribution >= 0.6 is 0 Å². The average molecular weight is 221 g/mol. The maximum atomic E-state index is 12.0. The number of nitrogens with zero attached hydrogens (tertiary/aromatic N) is 2. The highest BCUT2D eigenvalue weighted by Gasteiger charge is 2.12. The van der Waals surface area contributed by atoms with Crippen LogP contribution in [0.4, 0.5) is 0 Å². The molecule has 2 aromatic heterocycles. The molecule has 2 aromatic rings. The van der Waals surface area contributed by atoms with Crippen molar-refractivity contribution in [3.63, 3.8) is 0 Å². The Balaban J connectivity index is 3.05. The summed E-state index contributed by atoms with van der Waals surface area (Å²) < 4.78 is 2.87. The summed E-state index contributed by atoms with van der Waals surface area (Å²) in [5, 5.41) is 0. The number of hydrogen-bond donors (Lipinski definition) is 1. The van der Waals surface area contributed by atoms with E-state index in [0.717, 1.165) is 5.69 Å². The van der Waals surface area contributed by atoms with Crippen LogP contribution < -0.4 is 11.2 Å². The van der Waals surface area contributed by atoms with Crippen LogP contribution in [0, 0.1) is 6.92 Å². The molecule has 5 nitrogen and oxygen atoms in total. The molecule has 86 valence electrons. The van der Waals surface area contributed by atoms with Gasteiger partial charge in [0.15, 0.2) is 0 Å². The van der Waals surface area contributed by atoms with E-state index in [1.807, 2.05) is 19.9 Å². The van der Waals surface area contributed by atoms with Crippen molar-refractivity contribution in [2.24, 2.45) is 0 Å². The van der Waals surface area contributed by atoms with E-state index in [-0.39, 0.29) is 11.2 Å². The summed E-state index contributed by atoms with van der Waals surface area (Å²) in [5.41, 5.74) is 1.63. The van der Waals surface area contributed by atoms with Crippen LogP contribution in [0.2, 0.25) is 0 Å². The van der Waals surface area contributed by atoms with E-state index in [1.165, 1.54) is 4.57 Å². The van der Waals surface area contributed by atoms with Gasteiger partial charge in [-0.1, -0.05) is 0 Å². The van der Waals surface area contributed by atoms with Gasteiger partial charge in [-0.05, 0) is 26.8 Å². The number of hydrogen-bond acceptors (Lipinski definition) is 2. The molecule has 0 radical (unpaired) electrons. The van der Waals surface area contributed by atoms with Crippen LogP contribution in [-0.2, 0) is 13.1 Å². The second-order valence-electron chi connectivity index (χ2n) is 3.79. The topological polar surface area (TPSA) is 59.8 Å². The summed E-state index contributed by atoms with van der Waals surface area (Å²) in [5.74, 6) is 0. The third-order valence-corrected chi connectivity index (χ3v) is 2.78. The first-order valence-corrected chi connectivity index (χ1v) is 5.43. The molecule has 0 amide bonds. The van der Waals surface area contributed by atoms with E-state index in [2.05, 4.69) is 4.98 Å². The fourth-order valence-electron chi connectivity index (χ4n) is 2.01. The summed E-state index contributed by atoms with van der Waals surface area (Å²) in [4.78, 5) is 27.0. The first-order chi connectivity index (χ1) is 7.60. The molecule has 0 atom stereocenters. The average Bonchev–Trinajstić information content (AvgIpc) is 2.62. The Morgan fingerprint density at radius 2 is 1.81 bits per heavy atom. The Bertz CT molecular complexity index is 646. The van der Waals surface area contributed by atoms with E-state index in [0.29, 0.717) is 24.1 Å². The van der Waals surface area contributed by atoms with Crippen LogP contribution in [0.1, 0.15) is 19.5 Å². The Kier molecular flexibility index (Phi) is 2.46. The number of H-pyrrole nitrogens is 1. The van der Waals surface area contributed by atoms with Gasteiger partial charge in [0.1, 0.15) is 5.52 Å². The zero-order valence-corrected chi connectivity index (χ0v) is 9.70. The van der Waals surface area contributed by atoms with Crippen LogP contribution in [0.15, 0.2) is 15.7 Å². The first-order valence-electron chi connectivity index (χ1n) is 5.43. The quantitative estimate of drug-likeness (QED) is 0.816. The van der Waals surface area contributed by atoms with Crippen molar-refractivity contribution in [2.75, 3.05) is 0 Å². The third-order valence-electron chi connectivity index (χ3n) is 2.78. The van der Waals surface area contributed by atoms with Crippen molar-refractivity contribution in [3.05, 3.63) is 32.6 Å². The van der Waals surface area contributed by atoms with Gasteiger partial charge in [-0.3, -0.25) is 13.9 Å². The van der Waals surface area contributed by atoms with Crippen molar-refractivity contribution in [3.8, 4) is 0 Å². The number of aromatic amines is 1. The van der Waals surface area contributed by atoms with Crippen molar-refractivity contribution >= 4 is 11.0 Å². The third kappa shape index (κ3) is 1.31. The maximum absolute atomic E-state index is 12.0. The van der Waals surface area contributed by atoms with Crippen molar-refractivity contribution in [2.45, 2.75) is 33.9 Å². The number of rotatable bonds is 2. The highest BCUT2D eigenvalue weighted by molar-refractivity contribution is 5.75. The molecular formula is C11H15N3O2. The highest BCUT2D eigenvalue weighted by atomic mass is 16.2. The van der Waals surface area contributed by atoms with Crippen LogP contribution in [-0.4, -0.2) is 14.1 Å². The van der Waals surface area contributed by atoms with Gasteiger partial charge in [0, 0.05) is 18.8 Å². The van der Waals surface area contributed by atoms with Gasteiger partial charge in [0.2, 0.25) is 0 Å². The van der Waals surface area contributed by atoms with E-state index in [4.69, 9.17) is 0 Å². The molecule has 0 saturated carbocycles. The van der Waals surface area contributed by atoms with Crippen molar-refractivity contribution in [1.29, 1.82) is 0 Å². The second-order valence-corrected chi connectivity index (χ2v) is 3.79. The molecule has 0 aromatic carbocycles. The van der Waals surface area contributed by atoms with Gasteiger partial charge < -0.3 is 4.98 Å². The molecule has 0 spiro atoms. The zero-order chi connectivity index (χ0) is 11.9. The summed E-state index contributed by atoms with van der Waals surface area (Å²) in [6.45, 7) is 6.52. The van der Waals surface area contributed by atoms with Crippen molar-refractivity contribution < 1.29 is 0 Å². The van der Waals surface area contributed by atoms with Gasteiger partial charge in [0.25, 0.3) is 5.56 Å². The fourth-order valence-corrected chi connectivity index (χ4v) is 2.01. The molecule has 2 rings (SSSR count). The minimum Gasteiger partial charge on any atom is -0.353 e. The minimum absolute atomic E-state index is 0.235. The lowest BCUT2D eigenvalue weighted by Crippen LogP contribution is -2.39. The second kappa shape index (κ2) is 3.66. The summed E-state index contributed by atoms with van der Waals surface area (Å²) in [6, 6.07) is 1.83. The SMILES string of the molecule is CCn1c(=O)c2[nH]c(C)cc2n(CC)c1=O. The molecule has 0 aliphatic carbocycles. The number of fused-ring (bicyclic) bond motifs is 1. The lowest BCUT2D eigenvalue weighted by molar-refractivity contribution is 0.608. The van der Waals surface area contributed by atoms with E-state index >= 15 is 0 Å². The normalized spacial score (nSPS) is 11.2. The molecule has 0 aliphatic heterocycles. The largest absolute Gasteiger partial charge is 0.353 e. The van der Waals surface area contributed by atoms with Gasteiger partial charge in [-0.2, -0.15) is 0 Å². The molecule has 0 aliphatic rings. The molecule has 0 fully saturated rings. The highest BCUT2D eigenvalue weighted by Crippen LogP contribution is 2.09. The molecule has 1 N–H and O–H groups in total. The Morgan fingerprint density at radius 3 is 2.38 bits per heavy atom. The summed E-state index contributed by atoms with van der Waals surface area (Å²) >= 11 is 0. The monoisotopic (exact) mass is 221 g/mol. The Hall–Kier alpha value is -1.78. The van der Waals surface area contributed by atoms with Gasteiger partial charge >= 0.3 is 5.69 Å². The molecule has 16 heavy (non-hydrogen) atoms. The lowest BCUT2D eigenvalue weighted by atomic mass is 10.4. The van der Waals surface area contributed by atoms with Gasteiger partial charge in [-0.15, -0.1) is 0 Å². The van der Waals surface area contributed by atoms with Gasteiger partial charge in [0.05, 0.1) is 5.52 Å². The van der Waals surface area contributed by atoms with Gasteiger partial charge in [-0.25, -0.2) is 4.79 Å². The molecule has 0 saturated heterocycles. The van der Waals surface area contributed by atoms with Crippen LogP contribution in [0.25, 0.3) is 11.0 Å². The predicted molar refractivity (Wildman–Crippen MR) is 62.9 cm³/mol. The standard InChI is InChI=1S/C11H15N3O2/c1-4-13-8-6-7(3)12-9(8)10(15)14(5-2)11(13)16/h6,12H,4-5H2,1-3H3. The summed E-state index contributed by atoms with van der Waals surface area (Å²) in [7, 11) is 0. The fraction of sp³-hybridized carbons (Fsp3) is 0.455. The molecule has 5 heteroatoms. The summed E-state index contributed by atoms with van der Waals surface area (Å²) in [6.07, 6.45) is 0. The predicted octanol–water partition coefficient (Wildman–Crippen LogP) is 0.840. The van der Waals surface area contributed by atoms with Crippen LogP contribution in [0.5, 0.6) is 0 Å². The lowest BCUT2D eigenvalue weighted by Gasteiger charge is -2.07. The molecule has 0 unspecified atom stereocenters. The van der Waals surface area contributed by atoms with E-state index < -0.39 is 0 Å². The number of aryl methyl sites for hydroxylation is 2. The maximum Gasteiger partial charge on any atom is 0.331 e. The number of aromatic nitrogens is 3. The minimum atomic E-state index is -0.236. The molecule has 2 heterocycles. The molecular weight excluding hydrogens is 206 g/mol. The Morgan fingerprint density at radius 1 is 1.19 bits per heavy atom. The van der Waals surface area contributed by atoms with Crippen molar-refractivity contribution in [1.82, 2.24) is 14.1 Å². The first kappa shape index (κ1) is 10.7.